The second kappa shape index (κ2) is 7.92. The van der Waals surface area contributed by atoms with E-state index >= 15 is 0 Å². The summed E-state index contributed by atoms with van der Waals surface area (Å²) in [5, 5.41) is 0. The molecule has 2 aromatic carbocycles. The molecule has 1 atom stereocenters. The normalized spacial score (nSPS) is 18.5. The number of hydrogen-bond donors (Lipinski definition) is 1. The van der Waals surface area contributed by atoms with Crippen LogP contribution >= 0.6 is 0 Å². The van der Waals surface area contributed by atoms with E-state index in [1.54, 1.807) is 26.0 Å². The maximum absolute atomic E-state index is 13.2. The van der Waals surface area contributed by atoms with Gasteiger partial charge in [-0.2, -0.15) is 0 Å². The van der Waals surface area contributed by atoms with E-state index in [1.807, 2.05) is 13.0 Å². The van der Waals surface area contributed by atoms with Gasteiger partial charge in [0.05, 0.1) is 29.7 Å². The Bertz CT molecular complexity index is 1210. The number of benzene rings is 2. The van der Waals surface area contributed by atoms with Crippen molar-refractivity contribution in [3.8, 4) is 5.75 Å². The van der Waals surface area contributed by atoms with Crippen LogP contribution in [-0.4, -0.2) is 35.1 Å². The lowest BCUT2D eigenvalue weighted by molar-refractivity contribution is -0.119. The average molecular weight is 453 g/mol. The van der Waals surface area contributed by atoms with Crippen molar-refractivity contribution in [3.63, 3.8) is 0 Å². The molecule has 10 heteroatoms. The highest BCUT2D eigenvalue weighted by Crippen LogP contribution is 2.35. The number of rotatable bonds is 6. The third kappa shape index (κ3) is 4.15. The SMILES string of the molecule is CCOc1ccc(N2C(=O)C(C)CS2(=O)=O)cc1S(=O)(=O)Nc1ccc(C)cc1C. The molecule has 0 saturated carbocycles. The first-order valence-electron chi connectivity index (χ1n) is 9.40. The van der Waals surface area contributed by atoms with E-state index in [0.717, 1.165) is 17.2 Å². The Balaban J connectivity index is 2.10. The molecule has 0 radical (unpaired) electrons. The molecule has 1 unspecified atom stereocenters. The van der Waals surface area contributed by atoms with Crippen LogP contribution in [-0.2, 0) is 24.8 Å². The standard InChI is InChI=1S/C20H24N2O6S2/c1-5-28-18-9-7-16(22-20(23)15(4)12-29(22,24)25)11-19(18)30(26,27)21-17-8-6-13(2)10-14(17)3/h6-11,15,21H,5,12H2,1-4H3. The van der Waals surface area contributed by atoms with Crippen LogP contribution in [0.25, 0.3) is 0 Å². The molecule has 0 spiro atoms. The Kier molecular flexibility index (Phi) is 5.83. The van der Waals surface area contributed by atoms with Crippen molar-refractivity contribution < 1.29 is 26.4 Å². The number of nitrogens with zero attached hydrogens (tertiary/aromatic N) is 1. The lowest BCUT2D eigenvalue weighted by Gasteiger charge is -2.19. The first kappa shape index (κ1) is 22.1. The van der Waals surface area contributed by atoms with Crippen molar-refractivity contribution in [1.29, 1.82) is 0 Å². The van der Waals surface area contributed by atoms with Gasteiger partial charge in [-0.3, -0.25) is 9.52 Å². The van der Waals surface area contributed by atoms with E-state index in [0.29, 0.717) is 9.99 Å². The fourth-order valence-corrected chi connectivity index (χ4v) is 6.43. The average Bonchev–Trinajstić information content (AvgIpc) is 2.85. The topological polar surface area (TPSA) is 110 Å². The molecule has 0 aliphatic carbocycles. The summed E-state index contributed by atoms with van der Waals surface area (Å²) in [6.07, 6.45) is 0. The van der Waals surface area contributed by atoms with Crippen LogP contribution in [0.15, 0.2) is 41.3 Å². The Hall–Kier alpha value is -2.59. The number of nitrogens with one attached hydrogen (secondary N) is 1. The molecule has 1 saturated heterocycles. The minimum absolute atomic E-state index is 0.0335. The summed E-state index contributed by atoms with van der Waals surface area (Å²) in [6, 6.07) is 9.17. The third-order valence-electron chi connectivity index (χ3n) is 4.74. The smallest absolute Gasteiger partial charge is 0.265 e. The zero-order chi connectivity index (χ0) is 22.3. The fraction of sp³-hybridized carbons (Fsp3) is 0.350. The Labute approximate surface area is 177 Å². The second-order valence-electron chi connectivity index (χ2n) is 7.27. The molecule has 1 heterocycles. The largest absolute Gasteiger partial charge is 0.492 e. The lowest BCUT2D eigenvalue weighted by Crippen LogP contribution is -2.30. The maximum atomic E-state index is 13.2. The van der Waals surface area contributed by atoms with Gasteiger partial charge >= 0.3 is 0 Å². The van der Waals surface area contributed by atoms with Crippen molar-refractivity contribution in [2.75, 3.05) is 21.4 Å². The number of anilines is 2. The Morgan fingerprint density at radius 3 is 2.43 bits per heavy atom. The highest BCUT2D eigenvalue weighted by atomic mass is 32.2. The van der Waals surface area contributed by atoms with Crippen molar-refractivity contribution in [2.24, 2.45) is 5.92 Å². The van der Waals surface area contributed by atoms with Gasteiger partial charge in [0.15, 0.2) is 0 Å². The van der Waals surface area contributed by atoms with Gasteiger partial charge in [0.2, 0.25) is 15.9 Å². The predicted molar refractivity (Wildman–Crippen MR) is 115 cm³/mol. The van der Waals surface area contributed by atoms with Gasteiger partial charge in [0.1, 0.15) is 10.6 Å². The summed E-state index contributed by atoms with van der Waals surface area (Å²) in [5.41, 5.74) is 2.08. The third-order valence-corrected chi connectivity index (χ3v) is 7.99. The Morgan fingerprint density at radius 2 is 1.87 bits per heavy atom. The molecule has 8 nitrogen and oxygen atoms in total. The van der Waals surface area contributed by atoms with E-state index in [9.17, 15) is 21.6 Å². The number of ether oxygens (including phenoxy) is 1. The highest BCUT2D eigenvalue weighted by molar-refractivity contribution is 7.94. The van der Waals surface area contributed by atoms with Gasteiger partial charge in [0, 0.05) is 0 Å². The summed E-state index contributed by atoms with van der Waals surface area (Å²) in [5.74, 6) is -1.54. The molecule has 1 amide bonds. The molecular weight excluding hydrogens is 428 g/mol. The number of sulfonamides is 2. The van der Waals surface area contributed by atoms with Crippen molar-refractivity contribution in [1.82, 2.24) is 0 Å². The first-order valence-corrected chi connectivity index (χ1v) is 12.5. The van der Waals surface area contributed by atoms with Gasteiger partial charge < -0.3 is 4.74 Å². The van der Waals surface area contributed by atoms with E-state index in [4.69, 9.17) is 4.74 Å². The molecule has 3 rings (SSSR count). The predicted octanol–water partition coefficient (Wildman–Crippen LogP) is 2.82. The van der Waals surface area contributed by atoms with Gasteiger partial charge in [-0.15, -0.1) is 0 Å². The van der Waals surface area contributed by atoms with Crippen molar-refractivity contribution in [3.05, 3.63) is 47.5 Å². The van der Waals surface area contributed by atoms with Crippen molar-refractivity contribution in [2.45, 2.75) is 32.6 Å². The van der Waals surface area contributed by atoms with Crippen LogP contribution < -0.4 is 13.8 Å². The molecular formula is C20H24N2O6S2. The summed E-state index contributed by atoms with van der Waals surface area (Å²) in [4.78, 5) is 12.2. The number of hydrogen-bond acceptors (Lipinski definition) is 6. The monoisotopic (exact) mass is 452 g/mol. The molecule has 0 bridgehead atoms. The van der Waals surface area contributed by atoms with E-state index < -0.39 is 31.9 Å². The molecule has 1 fully saturated rings. The van der Waals surface area contributed by atoms with Crippen molar-refractivity contribution >= 4 is 37.3 Å². The minimum Gasteiger partial charge on any atom is -0.492 e. The van der Waals surface area contributed by atoms with Gasteiger partial charge in [-0.1, -0.05) is 24.6 Å². The summed E-state index contributed by atoms with van der Waals surface area (Å²) >= 11 is 0. The molecule has 0 aromatic heterocycles. The summed E-state index contributed by atoms with van der Waals surface area (Å²) in [6.45, 7) is 7.12. The number of carbonyl (C=O) groups is 1. The van der Waals surface area contributed by atoms with E-state index in [-0.39, 0.29) is 28.7 Å². The first-order chi connectivity index (χ1) is 14.0. The van der Waals surface area contributed by atoms with Gasteiger partial charge in [0.25, 0.3) is 10.0 Å². The van der Waals surface area contributed by atoms with E-state index in [2.05, 4.69) is 4.72 Å². The number of amides is 1. The van der Waals surface area contributed by atoms with Crippen LogP contribution in [0.4, 0.5) is 11.4 Å². The summed E-state index contributed by atoms with van der Waals surface area (Å²) in [7, 11) is -8.00. The van der Waals surface area contributed by atoms with E-state index in [1.165, 1.54) is 19.1 Å². The van der Waals surface area contributed by atoms with Crippen LogP contribution in [0.3, 0.4) is 0 Å². The lowest BCUT2D eigenvalue weighted by atomic mass is 10.1. The fourth-order valence-electron chi connectivity index (χ4n) is 3.32. The van der Waals surface area contributed by atoms with Crippen LogP contribution in [0.1, 0.15) is 25.0 Å². The second-order valence-corrected chi connectivity index (χ2v) is 10.8. The van der Waals surface area contributed by atoms with Crippen LogP contribution in [0.5, 0.6) is 5.75 Å². The highest BCUT2D eigenvalue weighted by Gasteiger charge is 2.42. The molecule has 2 aromatic rings. The number of aryl methyl sites for hydroxylation is 2. The molecule has 162 valence electrons. The van der Waals surface area contributed by atoms with Crippen LogP contribution in [0.2, 0.25) is 0 Å². The molecule has 1 N–H and O–H groups in total. The minimum atomic E-state index is -4.13. The zero-order valence-electron chi connectivity index (χ0n) is 17.2. The van der Waals surface area contributed by atoms with Crippen LogP contribution in [0, 0.1) is 19.8 Å². The quantitative estimate of drug-likeness (QED) is 0.722. The molecule has 1 aliphatic rings. The zero-order valence-corrected chi connectivity index (χ0v) is 18.8. The molecule has 1 aliphatic heterocycles. The maximum Gasteiger partial charge on any atom is 0.265 e. The summed E-state index contributed by atoms with van der Waals surface area (Å²) < 4.78 is 59.8. The van der Waals surface area contributed by atoms with Gasteiger partial charge in [-0.25, -0.2) is 21.1 Å². The number of carbonyl (C=O) groups excluding carboxylic acids is 1. The Morgan fingerprint density at radius 1 is 1.17 bits per heavy atom. The van der Waals surface area contributed by atoms with Gasteiger partial charge in [-0.05, 0) is 50.6 Å². The molecule has 30 heavy (non-hydrogen) atoms.